The fraction of sp³-hybridized carbons (Fsp3) is 0.353. The van der Waals surface area contributed by atoms with Crippen molar-refractivity contribution in [2.24, 2.45) is 11.0 Å². The Bertz CT molecular complexity index is 1430. The Kier molecular flexibility index (Phi) is 10.5. The number of unbranched alkanes of at least 4 members (excludes halogenated alkanes) is 2. The normalized spacial score (nSPS) is 13.4. The second-order valence-electron chi connectivity index (χ2n) is 10.4. The maximum absolute atomic E-state index is 13.6. The predicted molar refractivity (Wildman–Crippen MR) is 165 cm³/mol. The van der Waals surface area contributed by atoms with E-state index in [1.54, 1.807) is 18.2 Å². The predicted octanol–water partition coefficient (Wildman–Crippen LogP) is 7.64. The van der Waals surface area contributed by atoms with Crippen molar-refractivity contribution in [2.75, 3.05) is 25.1 Å². The molecule has 0 bridgehead atoms. The Labute approximate surface area is 237 Å². The zero-order valence-corrected chi connectivity index (χ0v) is 23.8. The van der Waals surface area contributed by atoms with Crippen LogP contribution in [0.1, 0.15) is 63.5 Å². The molecule has 210 valence electrons. The van der Waals surface area contributed by atoms with Crippen LogP contribution in [0.25, 0.3) is 11.0 Å². The van der Waals surface area contributed by atoms with E-state index in [2.05, 4.69) is 24.2 Å². The summed E-state index contributed by atoms with van der Waals surface area (Å²) in [6, 6.07) is 26.9. The van der Waals surface area contributed by atoms with E-state index < -0.39 is 11.5 Å². The zero-order chi connectivity index (χ0) is 28.3. The first-order valence-electron chi connectivity index (χ1n) is 14.4. The minimum Gasteiger partial charge on any atom is -0.507 e. The molecule has 2 N–H and O–H groups in total. The standard InChI is InChI=1S/C34H41N3O3/c1-4-6-22-37(23-7-5-2)24-29(25(3)35-36-27-18-12-9-13-19-27)31(26-16-10-8-11-17-26)32-33(38)28-20-14-15-21-30(28)40-34(32)39/h8-21,29,31,36,38H,4-7,22-24H2,1-3H3. The minimum atomic E-state index is -0.521. The molecule has 0 aliphatic carbocycles. The van der Waals surface area contributed by atoms with Crippen molar-refractivity contribution in [3.8, 4) is 5.75 Å². The number of nitrogens with zero attached hydrogens (tertiary/aromatic N) is 2. The van der Waals surface area contributed by atoms with Crippen molar-refractivity contribution in [3.63, 3.8) is 0 Å². The maximum atomic E-state index is 13.6. The highest BCUT2D eigenvalue weighted by atomic mass is 16.4. The van der Waals surface area contributed by atoms with Crippen LogP contribution < -0.4 is 11.1 Å². The van der Waals surface area contributed by atoms with Gasteiger partial charge in [0.05, 0.1) is 16.6 Å². The fourth-order valence-corrected chi connectivity index (χ4v) is 5.25. The molecule has 0 amide bonds. The molecular weight excluding hydrogens is 498 g/mol. The summed E-state index contributed by atoms with van der Waals surface area (Å²) in [5.74, 6) is -0.695. The number of aromatic hydroxyl groups is 1. The molecule has 6 heteroatoms. The molecule has 0 radical (unpaired) electrons. The van der Waals surface area contributed by atoms with Crippen molar-refractivity contribution in [1.29, 1.82) is 0 Å². The lowest BCUT2D eigenvalue weighted by atomic mass is 9.78. The number of hydrogen-bond donors (Lipinski definition) is 2. The lowest BCUT2D eigenvalue weighted by Crippen LogP contribution is -2.38. The molecule has 1 heterocycles. The molecule has 0 fully saturated rings. The third-order valence-electron chi connectivity index (χ3n) is 7.47. The van der Waals surface area contributed by atoms with E-state index in [0.29, 0.717) is 17.5 Å². The van der Waals surface area contributed by atoms with Gasteiger partial charge in [-0.05, 0) is 62.7 Å². The quantitative estimate of drug-likeness (QED) is 0.0978. The minimum absolute atomic E-state index is 0.0248. The molecule has 6 nitrogen and oxygen atoms in total. The van der Waals surface area contributed by atoms with E-state index in [4.69, 9.17) is 9.52 Å². The summed E-state index contributed by atoms with van der Waals surface area (Å²) in [6.07, 6.45) is 4.39. The van der Waals surface area contributed by atoms with E-state index >= 15 is 0 Å². The molecule has 0 spiro atoms. The number of hydrogen-bond acceptors (Lipinski definition) is 6. The highest BCUT2D eigenvalue weighted by molar-refractivity contribution is 5.88. The molecule has 2 atom stereocenters. The molecule has 0 saturated carbocycles. The van der Waals surface area contributed by atoms with E-state index in [-0.39, 0.29) is 17.2 Å². The van der Waals surface area contributed by atoms with Crippen LogP contribution in [-0.4, -0.2) is 35.4 Å². The third-order valence-corrected chi connectivity index (χ3v) is 7.47. The molecule has 0 saturated heterocycles. The Hall–Kier alpha value is -3.90. The number of rotatable bonds is 14. The first kappa shape index (κ1) is 29.1. The lowest BCUT2D eigenvalue weighted by Gasteiger charge is -2.33. The van der Waals surface area contributed by atoms with Crippen LogP contribution >= 0.6 is 0 Å². The van der Waals surface area contributed by atoms with Crippen LogP contribution in [-0.2, 0) is 0 Å². The van der Waals surface area contributed by atoms with Gasteiger partial charge in [0.2, 0.25) is 0 Å². The average Bonchev–Trinajstić information content (AvgIpc) is 2.99. The maximum Gasteiger partial charge on any atom is 0.343 e. The number of anilines is 1. The van der Waals surface area contributed by atoms with Crippen molar-refractivity contribution < 1.29 is 9.52 Å². The van der Waals surface area contributed by atoms with Crippen LogP contribution in [0.15, 0.2) is 99.2 Å². The SMILES string of the molecule is CCCCN(CCCC)CC(C(C)=NNc1ccccc1)C(c1ccccc1)c1c(O)c2ccccc2oc1=O. The van der Waals surface area contributed by atoms with E-state index in [9.17, 15) is 9.90 Å². The molecule has 40 heavy (non-hydrogen) atoms. The molecule has 0 aliphatic rings. The van der Waals surface area contributed by atoms with Crippen molar-refractivity contribution in [1.82, 2.24) is 4.90 Å². The van der Waals surface area contributed by atoms with Gasteiger partial charge in [-0.2, -0.15) is 5.10 Å². The second kappa shape index (κ2) is 14.5. The number of para-hydroxylation sites is 2. The summed E-state index contributed by atoms with van der Waals surface area (Å²) < 4.78 is 5.79. The van der Waals surface area contributed by atoms with Gasteiger partial charge in [-0.3, -0.25) is 5.43 Å². The monoisotopic (exact) mass is 539 g/mol. The second-order valence-corrected chi connectivity index (χ2v) is 10.4. The average molecular weight is 540 g/mol. The van der Waals surface area contributed by atoms with Crippen LogP contribution in [0.5, 0.6) is 5.75 Å². The number of hydrazone groups is 1. The van der Waals surface area contributed by atoms with E-state index in [0.717, 1.165) is 55.7 Å². The summed E-state index contributed by atoms with van der Waals surface area (Å²) in [7, 11) is 0. The summed E-state index contributed by atoms with van der Waals surface area (Å²) >= 11 is 0. The van der Waals surface area contributed by atoms with Gasteiger partial charge in [0.25, 0.3) is 0 Å². The number of fused-ring (bicyclic) bond motifs is 1. The third kappa shape index (κ3) is 7.19. The first-order chi connectivity index (χ1) is 19.5. The Balaban J connectivity index is 1.87. The molecule has 4 rings (SSSR count). The Morgan fingerprint density at radius 3 is 2.15 bits per heavy atom. The first-order valence-corrected chi connectivity index (χ1v) is 14.4. The van der Waals surface area contributed by atoms with Gasteiger partial charge in [-0.15, -0.1) is 0 Å². The van der Waals surface area contributed by atoms with Gasteiger partial charge in [0.1, 0.15) is 11.3 Å². The van der Waals surface area contributed by atoms with Crippen LogP contribution in [0.2, 0.25) is 0 Å². The summed E-state index contributed by atoms with van der Waals surface area (Å²) in [6.45, 7) is 9.04. The van der Waals surface area contributed by atoms with Gasteiger partial charge < -0.3 is 14.4 Å². The molecule has 4 aromatic rings. The van der Waals surface area contributed by atoms with E-state index in [1.807, 2.05) is 73.7 Å². The van der Waals surface area contributed by atoms with Gasteiger partial charge in [-0.1, -0.05) is 87.4 Å². The smallest absolute Gasteiger partial charge is 0.343 e. The van der Waals surface area contributed by atoms with Crippen molar-refractivity contribution >= 4 is 22.4 Å². The molecular formula is C34H41N3O3. The number of nitrogens with one attached hydrogen (secondary N) is 1. The molecule has 1 aromatic heterocycles. The van der Waals surface area contributed by atoms with E-state index in [1.165, 1.54) is 0 Å². The summed E-state index contributed by atoms with van der Waals surface area (Å²) in [5, 5.41) is 16.9. The van der Waals surface area contributed by atoms with Gasteiger partial charge >= 0.3 is 5.63 Å². The largest absolute Gasteiger partial charge is 0.507 e. The molecule has 3 aromatic carbocycles. The van der Waals surface area contributed by atoms with Gasteiger partial charge in [0, 0.05) is 24.1 Å². The van der Waals surface area contributed by atoms with Gasteiger partial charge in [-0.25, -0.2) is 4.79 Å². The zero-order valence-electron chi connectivity index (χ0n) is 23.8. The number of benzene rings is 3. The Morgan fingerprint density at radius 2 is 1.50 bits per heavy atom. The lowest BCUT2D eigenvalue weighted by molar-refractivity contribution is 0.238. The van der Waals surface area contributed by atoms with Crippen LogP contribution in [0, 0.1) is 5.92 Å². The fourth-order valence-electron chi connectivity index (χ4n) is 5.25. The molecule has 0 aliphatic heterocycles. The Morgan fingerprint density at radius 1 is 0.900 bits per heavy atom. The molecule has 2 unspecified atom stereocenters. The van der Waals surface area contributed by atoms with Crippen LogP contribution in [0.4, 0.5) is 5.69 Å². The topological polar surface area (TPSA) is 78.1 Å². The highest BCUT2D eigenvalue weighted by Gasteiger charge is 2.34. The van der Waals surface area contributed by atoms with Crippen molar-refractivity contribution in [2.45, 2.75) is 52.4 Å². The summed E-state index contributed by atoms with van der Waals surface area (Å²) in [4.78, 5) is 16.1. The van der Waals surface area contributed by atoms with Gasteiger partial charge in [0.15, 0.2) is 0 Å². The van der Waals surface area contributed by atoms with Crippen molar-refractivity contribution in [3.05, 3.63) is 106 Å². The van der Waals surface area contributed by atoms with Crippen LogP contribution in [0.3, 0.4) is 0 Å². The summed E-state index contributed by atoms with van der Waals surface area (Å²) in [5.41, 5.74) is 6.01. The highest BCUT2D eigenvalue weighted by Crippen LogP contribution is 2.39.